The highest BCUT2D eigenvalue weighted by Gasteiger charge is 2.33. The van der Waals surface area contributed by atoms with Crippen LogP contribution in [0.15, 0.2) is 47.4 Å². The van der Waals surface area contributed by atoms with Crippen molar-refractivity contribution < 1.29 is 9.53 Å². The first-order chi connectivity index (χ1) is 15.0. The van der Waals surface area contributed by atoms with Gasteiger partial charge in [0.1, 0.15) is 5.75 Å². The maximum absolute atomic E-state index is 13.0. The lowest BCUT2D eigenvalue weighted by Crippen LogP contribution is -2.27. The number of aryl methyl sites for hydroxylation is 2. The van der Waals surface area contributed by atoms with E-state index >= 15 is 0 Å². The maximum Gasteiger partial charge on any atom is 0.270 e. The van der Waals surface area contributed by atoms with Crippen molar-refractivity contribution in [3.05, 3.63) is 64.1 Å². The van der Waals surface area contributed by atoms with Gasteiger partial charge in [-0.1, -0.05) is 81.2 Å². The molecule has 164 valence electrons. The van der Waals surface area contributed by atoms with Crippen molar-refractivity contribution in [2.45, 2.75) is 59.3 Å². The molecule has 0 unspecified atom stereocenters. The Bertz CT molecular complexity index is 950. The molecule has 31 heavy (non-hydrogen) atoms. The lowest BCUT2D eigenvalue weighted by atomic mass is 10.1. The van der Waals surface area contributed by atoms with Gasteiger partial charge in [0.2, 0.25) is 0 Å². The smallest absolute Gasteiger partial charge is 0.270 e. The van der Waals surface area contributed by atoms with Crippen molar-refractivity contribution in [3.8, 4) is 5.75 Å². The number of benzene rings is 2. The summed E-state index contributed by atoms with van der Waals surface area (Å²) in [7, 11) is 0. The van der Waals surface area contributed by atoms with Crippen molar-refractivity contribution in [2.75, 3.05) is 11.5 Å². The summed E-state index contributed by atoms with van der Waals surface area (Å²) in [5, 5.41) is 0. The number of ether oxygens (including phenoxy) is 1. The molecule has 1 heterocycles. The van der Waals surface area contributed by atoms with Crippen molar-refractivity contribution in [1.82, 2.24) is 0 Å². The lowest BCUT2D eigenvalue weighted by Gasteiger charge is -2.15. The maximum atomic E-state index is 13.0. The van der Waals surface area contributed by atoms with E-state index in [-0.39, 0.29) is 5.91 Å². The van der Waals surface area contributed by atoms with Crippen LogP contribution in [0.3, 0.4) is 0 Å². The van der Waals surface area contributed by atoms with Gasteiger partial charge in [-0.15, -0.1) is 0 Å². The van der Waals surface area contributed by atoms with E-state index in [0.29, 0.717) is 9.23 Å². The second kappa shape index (κ2) is 11.5. The predicted octanol–water partition coefficient (Wildman–Crippen LogP) is 7.45. The van der Waals surface area contributed by atoms with Crippen LogP contribution in [0.2, 0.25) is 0 Å². The molecule has 1 amide bonds. The lowest BCUT2D eigenvalue weighted by molar-refractivity contribution is -0.113. The molecule has 5 heteroatoms. The number of unbranched alkanes of at least 4 members (excludes halogenated alkanes) is 5. The SMILES string of the molecule is CCCCCCCCOc1ccc(/C=C2\SC(=S)N(c3ccc(C)c(C)c3)C2=O)cc1. The van der Waals surface area contributed by atoms with E-state index in [0.717, 1.165) is 35.6 Å². The molecule has 0 aromatic heterocycles. The highest BCUT2D eigenvalue weighted by atomic mass is 32.2. The minimum atomic E-state index is -0.0679. The first kappa shape index (κ1) is 23.6. The Morgan fingerprint density at radius 2 is 1.68 bits per heavy atom. The number of hydrogen-bond donors (Lipinski definition) is 0. The quantitative estimate of drug-likeness (QED) is 0.212. The summed E-state index contributed by atoms with van der Waals surface area (Å²) in [5.41, 5.74) is 4.13. The van der Waals surface area contributed by atoms with Crippen LogP contribution in [0.25, 0.3) is 6.08 Å². The third-order valence-electron chi connectivity index (χ3n) is 5.49. The van der Waals surface area contributed by atoms with E-state index in [4.69, 9.17) is 17.0 Å². The average Bonchev–Trinajstić information content (AvgIpc) is 3.03. The van der Waals surface area contributed by atoms with Gasteiger partial charge in [0.15, 0.2) is 4.32 Å². The summed E-state index contributed by atoms with van der Waals surface area (Å²) in [6, 6.07) is 13.9. The number of nitrogens with zero attached hydrogens (tertiary/aromatic N) is 1. The molecule has 0 saturated carbocycles. The predicted molar refractivity (Wildman–Crippen MR) is 137 cm³/mol. The molecule has 1 saturated heterocycles. The molecule has 0 aliphatic carbocycles. The van der Waals surface area contributed by atoms with Crippen molar-refractivity contribution >= 4 is 46.0 Å². The second-order valence-electron chi connectivity index (χ2n) is 7.97. The number of thioether (sulfide) groups is 1. The standard InChI is InChI=1S/C26H31NO2S2/c1-4-5-6-7-8-9-16-29-23-14-11-21(12-15-23)18-24-25(28)27(26(30)31-24)22-13-10-19(2)20(3)17-22/h10-15,17-18H,4-9,16H2,1-3H3/b24-18-. The van der Waals surface area contributed by atoms with Gasteiger partial charge < -0.3 is 4.74 Å². The highest BCUT2D eigenvalue weighted by Crippen LogP contribution is 2.36. The van der Waals surface area contributed by atoms with Gasteiger partial charge in [-0.3, -0.25) is 9.69 Å². The van der Waals surface area contributed by atoms with Gasteiger partial charge in [-0.05, 0) is 67.3 Å². The topological polar surface area (TPSA) is 29.5 Å². The number of thiocarbonyl (C=S) groups is 1. The molecule has 1 fully saturated rings. The summed E-state index contributed by atoms with van der Waals surface area (Å²) < 4.78 is 6.42. The summed E-state index contributed by atoms with van der Waals surface area (Å²) in [6.07, 6.45) is 9.42. The number of hydrogen-bond acceptors (Lipinski definition) is 4. The molecule has 1 aliphatic rings. The van der Waals surface area contributed by atoms with Gasteiger partial charge >= 0.3 is 0 Å². The molecule has 2 aromatic carbocycles. The van der Waals surface area contributed by atoms with Crippen LogP contribution < -0.4 is 9.64 Å². The molecular weight excluding hydrogens is 422 g/mol. The Morgan fingerprint density at radius 3 is 2.39 bits per heavy atom. The van der Waals surface area contributed by atoms with Gasteiger partial charge in [0, 0.05) is 0 Å². The molecule has 0 spiro atoms. The van der Waals surface area contributed by atoms with Gasteiger partial charge in [-0.2, -0.15) is 0 Å². The minimum Gasteiger partial charge on any atom is -0.494 e. The summed E-state index contributed by atoms with van der Waals surface area (Å²) >= 11 is 6.84. The van der Waals surface area contributed by atoms with Gasteiger partial charge in [0.25, 0.3) is 5.91 Å². The average molecular weight is 454 g/mol. The van der Waals surface area contributed by atoms with E-state index in [9.17, 15) is 4.79 Å². The third kappa shape index (κ3) is 6.44. The van der Waals surface area contributed by atoms with Crippen molar-refractivity contribution in [3.63, 3.8) is 0 Å². The fourth-order valence-electron chi connectivity index (χ4n) is 3.44. The van der Waals surface area contributed by atoms with Crippen LogP contribution in [0.4, 0.5) is 5.69 Å². The zero-order chi connectivity index (χ0) is 22.2. The van der Waals surface area contributed by atoms with Crippen molar-refractivity contribution in [2.24, 2.45) is 0 Å². The number of carbonyl (C=O) groups excluding carboxylic acids is 1. The van der Waals surface area contributed by atoms with Crippen LogP contribution in [-0.2, 0) is 4.79 Å². The molecule has 0 N–H and O–H groups in total. The highest BCUT2D eigenvalue weighted by molar-refractivity contribution is 8.27. The number of amides is 1. The first-order valence-electron chi connectivity index (χ1n) is 11.1. The summed E-state index contributed by atoms with van der Waals surface area (Å²) in [6.45, 7) is 7.09. The molecular formula is C26H31NO2S2. The summed E-state index contributed by atoms with van der Waals surface area (Å²) in [5.74, 6) is 0.801. The largest absolute Gasteiger partial charge is 0.494 e. The Balaban J connectivity index is 1.57. The fraction of sp³-hybridized carbons (Fsp3) is 0.385. The molecule has 0 atom stereocenters. The van der Waals surface area contributed by atoms with Crippen LogP contribution >= 0.6 is 24.0 Å². The Labute approximate surface area is 195 Å². The minimum absolute atomic E-state index is 0.0679. The second-order valence-corrected chi connectivity index (χ2v) is 9.65. The first-order valence-corrected chi connectivity index (χ1v) is 12.3. The van der Waals surface area contributed by atoms with Crippen LogP contribution in [0.1, 0.15) is 62.1 Å². The zero-order valence-electron chi connectivity index (χ0n) is 18.6. The molecule has 0 bridgehead atoms. The summed E-state index contributed by atoms with van der Waals surface area (Å²) in [4.78, 5) is 15.2. The van der Waals surface area contributed by atoms with Gasteiger partial charge in [0.05, 0.1) is 17.2 Å². The number of anilines is 1. The van der Waals surface area contributed by atoms with Crippen LogP contribution in [-0.4, -0.2) is 16.8 Å². The monoisotopic (exact) mass is 453 g/mol. The number of rotatable bonds is 10. The normalized spacial score (nSPS) is 15.2. The molecule has 3 nitrogen and oxygen atoms in total. The molecule has 1 aliphatic heterocycles. The van der Waals surface area contributed by atoms with Crippen molar-refractivity contribution in [1.29, 1.82) is 0 Å². The molecule has 2 aromatic rings. The molecule has 0 radical (unpaired) electrons. The van der Waals surface area contributed by atoms with Crippen LogP contribution in [0, 0.1) is 13.8 Å². The van der Waals surface area contributed by atoms with Crippen LogP contribution in [0.5, 0.6) is 5.75 Å². The number of carbonyl (C=O) groups is 1. The van der Waals surface area contributed by atoms with E-state index in [1.54, 1.807) is 4.90 Å². The fourth-order valence-corrected chi connectivity index (χ4v) is 4.74. The molecule has 3 rings (SSSR count). The Kier molecular flexibility index (Phi) is 8.73. The van der Waals surface area contributed by atoms with Gasteiger partial charge in [-0.25, -0.2) is 0 Å². The third-order valence-corrected chi connectivity index (χ3v) is 6.79. The van der Waals surface area contributed by atoms with E-state index in [1.807, 2.05) is 55.5 Å². The van der Waals surface area contributed by atoms with E-state index < -0.39 is 0 Å². The Hall–Kier alpha value is -2.11. The van der Waals surface area contributed by atoms with E-state index in [1.165, 1.54) is 49.4 Å². The Morgan fingerprint density at radius 1 is 0.968 bits per heavy atom. The van der Waals surface area contributed by atoms with E-state index in [2.05, 4.69) is 13.8 Å². The zero-order valence-corrected chi connectivity index (χ0v) is 20.3.